The molecule has 154 valence electrons. The Kier molecular flexibility index (Phi) is 6.75. The number of rotatable bonds is 6. The van der Waals surface area contributed by atoms with E-state index in [0.29, 0.717) is 16.9 Å². The van der Waals surface area contributed by atoms with Crippen molar-refractivity contribution in [2.24, 2.45) is 5.10 Å². The number of hydrogen-bond donors (Lipinski definition) is 2. The lowest BCUT2D eigenvalue weighted by Gasteiger charge is -2.12. The highest BCUT2D eigenvalue weighted by molar-refractivity contribution is 6.35. The zero-order valence-electron chi connectivity index (χ0n) is 16.7. The molecule has 0 radical (unpaired) electrons. The maximum atomic E-state index is 13.9. The largest absolute Gasteiger partial charge is 0.488 e. The maximum absolute atomic E-state index is 13.9. The van der Waals surface area contributed by atoms with Crippen LogP contribution in [0.5, 0.6) is 5.75 Å². The Balaban J connectivity index is 1.84. The van der Waals surface area contributed by atoms with E-state index in [4.69, 9.17) is 4.74 Å². The zero-order chi connectivity index (χ0) is 21.5. The van der Waals surface area contributed by atoms with E-state index in [1.165, 1.54) is 12.3 Å². The number of carbonyl (C=O) groups excluding carboxylic acids is 2. The first-order chi connectivity index (χ1) is 14.5. The lowest BCUT2D eigenvalue weighted by molar-refractivity contribution is -0.139. The number of nitrogens with one attached hydrogen (secondary N) is 2. The average molecular weight is 407 g/mol. The molecule has 6 nitrogen and oxygen atoms in total. The van der Waals surface area contributed by atoms with Crippen LogP contribution in [-0.2, 0) is 16.2 Å². The van der Waals surface area contributed by atoms with E-state index in [1.54, 1.807) is 38.1 Å². The second-order valence-corrected chi connectivity index (χ2v) is 6.91. The molecule has 0 aromatic heterocycles. The van der Waals surface area contributed by atoms with Crippen LogP contribution in [0.3, 0.4) is 0 Å². The number of hydrogen-bond acceptors (Lipinski definition) is 4. The number of carbonyl (C=O) groups is 2. The normalized spacial score (nSPS) is 11.1. The van der Waals surface area contributed by atoms with Gasteiger partial charge in [0.2, 0.25) is 0 Å². The van der Waals surface area contributed by atoms with E-state index in [9.17, 15) is 14.0 Å². The topological polar surface area (TPSA) is 79.8 Å². The van der Waals surface area contributed by atoms with Gasteiger partial charge in [0.1, 0.15) is 18.2 Å². The third kappa shape index (κ3) is 5.20. The molecule has 2 amide bonds. The summed E-state index contributed by atoms with van der Waals surface area (Å²) in [5.41, 5.74) is 3.24. The molecule has 30 heavy (non-hydrogen) atoms. The smallest absolute Gasteiger partial charge is 0.329 e. The van der Waals surface area contributed by atoms with Crippen LogP contribution in [0.15, 0.2) is 65.8 Å². The second kappa shape index (κ2) is 9.65. The first kappa shape index (κ1) is 21.0. The molecular formula is C23H22FN3O3. The Labute approximate surface area is 173 Å². The van der Waals surface area contributed by atoms with Crippen LogP contribution in [-0.4, -0.2) is 24.1 Å². The van der Waals surface area contributed by atoms with Gasteiger partial charge in [-0.3, -0.25) is 9.59 Å². The van der Waals surface area contributed by atoms with Crippen LogP contribution >= 0.6 is 0 Å². The SMILES string of the molecule is CC(C)NC(=O)C(=O)N/N=C\c1c(OCc2ccccc2F)ccc2ccccc12. The van der Waals surface area contributed by atoms with E-state index in [2.05, 4.69) is 15.8 Å². The quantitative estimate of drug-likeness (QED) is 0.373. The van der Waals surface area contributed by atoms with Crippen molar-refractivity contribution < 1.29 is 18.7 Å². The van der Waals surface area contributed by atoms with Crippen LogP contribution in [0, 0.1) is 5.82 Å². The van der Waals surface area contributed by atoms with E-state index in [1.807, 2.05) is 30.3 Å². The second-order valence-electron chi connectivity index (χ2n) is 6.91. The van der Waals surface area contributed by atoms with Crippen molar-refractivity contribution in [1.82, 2.24) is 10.7 Å². The van der Waals surface area contributed by atoms with Gasteiger partial charge in [0, 0.05) is 17.2 Å². The van der Waals surface area contributed by atoms with Crippen LogP contribution in [0.4, 0.5) is 4.39 Å². The monoisotopic (exact) mass is 407 g/mol. The standard InChI is InChI=1S/C23H22FN3O3/c1-15(2)26-22(28)23(29)27-25-13-19-18-9-5-3-7-16(18)11-12-21(19)30-14-17-8-4-6-10-20(17)24/h3-13,15H,14H2,1-2H3,(H,26,28)(H,27,29)/b25-13-. The van der Waals surface area contributed by atoms with E-state index in [0.717, 1.165) is 10.8 Å². The van der Waals surface area contributed by atoms with Crippen LogP contribution in [0.25, 0.3) is 10.8 Å². The predicted octanol–water partition coefficient (Wildman–Crippen LogP) is 3.53. The molecule has 0 fully saturated rings. The average Bonchev–Trinajstić information content (AvgIpc) is 2.73. The highest BCUT2D eigenvalue weighted by atomic mass is 19.1. The summed E-state index contributed by atoms with van der Waals surface area (Å²) >= 11 is 0. The predicted molar refractivity (Wildman–Crippen MR) is 114 cm³/mol. The lowest BCUT2D eigenvalue weighted by Crippen LogP contribution is -2.41. The molecule has 0 unspecified atom stereocenters. The molecule has 0 aliphatic rings. The Morgan fingerprint density at radius 1 is 1.03 bits per heavy atom. The zero-order valence-corrected chi connectivity index (χ0v) is 16.7. The molecule has 0 spiro atoms. The molecule has 0 saturated heterocycles. The Morgan fingerprint density at radius 2 is 1.77 bits per heavy atom. The van der Waals surface area contributed by atoms with E-state index >= 15 is 0 Å². The number of amides is 2. The molecule has 0 bridgehead atoms. The number of fused-ring (bicyclic) bond motifs is 1. The summed E-state index contributed by atoms with van der Waals surface area (Å²) in [6, 6.07) is 17.5. The minimum Gasteiger partial charge on any atom is -0.488 e. The van der Waals surface area contributed by atoms with Crippen LogP contribution in [0.1, 0.15) is 25.0 Å². The van der Waals surface area contributed by atoms with Crippen molar-refractivity contribution in [1.29, 1.82) is 0 Å². The minimum atomic E-state index is -0.867. The molecular weight excluding hydrogens is 385 g/mol. The third-order valence-corrected chi connectivity index (χ3v) is 4.26. The molecule has 0 aliphatic heterocycles. The highest BCUT2D eigenvalue weighted by Gasteiger charge is 2.14. The first-order valence-electron chi connectivity index (χ1n) is 9.47. The van der Waals surface area contributed by atoms with Crippen molar-refractivity contribution in [3.63, 3.8) is 0 Å². The molecule has 3 aromatic rings. The summed E-state index contributed by atoms with van der Waals surface area (Å²) in [6.07, 6.45) is 1.42. The van der Waals surface area contributed by atoms with Gasteiger partial charge >= 0.3 is 11.8 Å². The minimum absolute atomic E-state index is 0.0367. The van der Waals surface area contributed by atoms with Crippen molar-refractivity contribution in [3.8, 4) is 5.75 Å². The summed E-state index contributed by atoms with van der Waals surface area (Å²) in [5, 5.41) is 8.19. The van der Waals surface area contributed by atoms with Gasteiger partial charge in [-0.15, -0.1) is 0 Å². The van der Waals surface area contributed by atoms with Crippen molar-refractivity contribution in [2.75, 3.05) is 0 Å². The molecule has 3 aromatic carbocycles. The molecule has 0 saturated carbocycles. The number of benzene rings is 3. The van der Waals surface area contributed by atoms with Crippen molar-refractivity contribution in [3.05, 3.63) is 77.6 Å². The molecule has 7 heteroatoms. The van der Waals surface area contributed by atoms with Crippen LogP contribution < -0.4 is 15.5 Å². The highest BCUT2D eigenvalue weighted by Crippen LogP contribution is 2.27. The summed E-state index contributed by atoms with van der Waals surface area (Å²) in [6.45, 7) is 3.54. The molecule has 0 heterocycles. The van der Waals surface area contributed by atoms with E-state index < -0.39 is 11.8 Å². The Morgan fingerprint density at radius 3 is 2.53 bits per heavy atom. The van der Waals surface area contributed by atoms with Crippen LogP contribution in [0.2, 0.25) is 0 Å². The van der Waals surface area contributed by atoms with E-state index in [-0.39, 0.29) is 18.5 Å². The number of halogens is 1. The number of hydrazone groups is 1. The van der Waals surface area contributed by atoms with Gasteiger partial charge in [0.05, 0.1) is 6.21 Å². The van der Waals surface area contributed by atoms with Crippen molar-refractivity contribution >= 4 is 28.8 Å². The lowest BCUT2D eigenvalue weighted by atomic mass is 10.0. The third-order valence-electron chi connectivity index (χ3n) is 4.26. The number of ether oxygens (including phenoxy) is 1. The fraction of sp³-hybridized carbons (Fsp3) is 0.174. The van der Waals surface area contributed by atoms with Gasteiger partial charge in [-0.25, -0.2) is 9.82 Å². The van der Waals surface area contributed by atoms with Crippen molar-refractivity contribution in [2.45, 2.75) is 26.5 Å². The van der Waals surface area contributed by atoms with Gasteiger partial charge < -0.3 is 10.1 Å². The molecule has 3 rings (SSSR count). The Hall–Kier alpha value is -3.74. The van der Waals surface area contributed by atoms with Gasteiger partial charge in [0.15, 0.2) is 0 Å². The van der Waals surface area contributed by atoms with Gasteiger partial charge in [-0.2, -0.15) is 5.10 Å². The Bertz CT molecular complexity index is 1100. The molecule has 2 N–H and O–H groups in total. The molecule has 0 aliphatic carbocycles. The fourth-order valence-corrected chi connectivity index (χ4v) is 2.84. The number of nitrogens with zero attached hydrogens (tertiary/aromatic N) is 1. The fourth-order valence-electron chi connectivity index (χ4n) is 2.84. The summed E-state index contributed by atoms with van der Waals surface area (Å²) in [7, 11) is 0. The van der Waals surface area contributed by atoms with Gasteiger partial charge in [0.25, 0.3) is 0 Å². The van der Waals surface area contributed by atoms with Gasteiger partial charge in [-0.1, -0.05) is 48.5 Å². The summed E-state index contributed by atoms with van der Waals surface area (Å²) < 4.78 is 19.8. The van der Waals surface area contributed by atoms with Gasteiger partial charge in [-0.05, 0) is 36.8 Å². The molecule has 0 atom stereocenters. The maximum Gasteiger partial charge on any atom is 0.329 e. The summed E-state index contributed by atoms with van der Waals surface area (Å²) in [4.78, 5) is 23.6. The summed E-state index contributed by atoms with van der Waals surface area (Å²) in [5.74, 6) is -1.51. The first-order valence-corrected chi connectivity index (χ1v) is 9.47.